The van der Waals surface area contributed by atoms with Crippen molar-refractivity contribution in [2.24, 2.45) is 4.99 Å². The third-order valence-corrected chi connectivity index (χ3v) is 3.38. The number of hydrogen-bond donors (Lipinski definition) is 1. The average Bonchev–Trinajstić information content (AvgIpc) is 2.90. The number of hydroxylamine groups is 2. The molecule has 0 aliphatic carbocycles. The molecular weight excluding hydrogens is 239 g/mol. The highest BCUT2D eigenvalue weighted by Crippen LogP contribution is 2.31. The van der Waals surface area contributed by atoms with Gasteiger partial charge in [0.25, 0.3) is 0 Å². The lowest BCUT2D eigenvalue weighted by Gasteiger charge is -2.23. The Hall–Kier alpha value is -1.21. The van der Waals surface area contributed by atoms with Crippen molar-refractivity contribution >= 4 is 11.7 Å². The van der Waals surface area contributed by atoms with E-state index in [4.69, 9.17) is 4.84 Å². The minimum atomic E-state index is -1.02. The number of hydrogen-bond acceptors (Lipinski definition) is 5. The van der Waals surface area contributed by atoms with Crippen LogP contribution in [0.15, 0.2) is 4.99 Å². The minimum absolute atomic E-state index is 0.0944. The number of carbonyl (C=O) groups excluding carboxylic acids is 1. The average molecular weight is 258 g/mol. The number of halogens is 1. The molecule has 2 aliphatic rings. The highest BCUT2D eigenvalue weighted by Gasteiger charge is 2.46. The molecule has 6 nitrogen and oxygen atoms in total. The number of alkyl halides is 1. The van der Waals surface area contributed by atoms with Crippen LogP contribution in [0.1, 0.15) is 26.2 Å². The van der Waals surface area contributed by atoms with Crippen molar-refractivity contribution in [1.82, 2.24) is 15.5 Å². The van der Waals surface area contributed by atoms with Crippen LogP contribution in [0.5, 0.6) is 0 Å². The summed E-state index contributed by atoms with van der Waals surface area (Å²) in [6, 6.07) is 0.0944. The second-order valence-electron chi connectivity index (χ2n) is 4.59. The Morgan fingerprint density at radius 3 is 3.06 bits per heavy atom. The van der Waals surface area contributed by atoms with Gasteiger partial charge in [0.15, 0.2) is 6.17 Å². The van der Waals surface area contributed by atoms with Gasteiger partial charge in [0.1, 0.15) is 6.17 Å². The van der Waals surface area contributed by atoms with E-state index in [1.807, 2.05) is 0 Å². The highest BCUT2D eigenvalue weighted by molar-refractivity contribution is 6.37. The number of nitrogens with zero attached hydrogens (tertiary/aromatic N) is 3. The summed E-state index contributed by atoms with van der Waals surface area (Å²) in [5, 5.41) is 2.82. The summed E-state index contributed by atoms with van der Waals surface area (Å²) in [6.07, 6.45) is 0.735. The summed E-state index contributed by atoms with van der Waals surface area (Å²) in [7, 11) is 2.89. The van der Waals surface area contributed by atoms with Crippen LogP contribution in [0.3, 0.4) is 0 Å². The minimum Gasteiger partial charge on any atom is -0.296 e. The first-order valence-electron chi connectivity index (χ1n) is 6.17. The number of hydrazine groups is 1. The zero-order valence-electron chi connectivity index (χ0n) is 10.9. The fourth-order valence-corrected chi connectivity index (χ4v) is 2.39. The van der Waals surface area contributed by atoms with Crippen LogP contribution in [0.4, 0.5) is 4.39 Å². The van der Waals surface area contributed by atoms with E-state index in [-0.39, 0.29) is 11.9 Å². The Morgan fingerprint density at radius 2 is 2.44 bits per heavy atom. The summed E-state index contributed by atoms with van der Waals surface area (Å²) in [6.45, 7) is 2.06. The van der Waals surface area contributed by atoms with Gasteiger partial charge in [-0.1, -0.05) is 13.3 Å². The zero-order valence-corrected chi connectivity index (χ0v) is 10.9. The molecule has 0 aromatic heterocycles. The van der Waals surface area contributed by atoms with Gasteiger partial charge in [-0.3, -0.25) is 15.1 Å². The lowest BCUT2D eigenvalue weighted by Crippen LogP contribution is -2.47. The van der Waals surface area contributed by atoms with Crippen LogP contribution in [-0.2, 0) is 9.63 Å². The van der Waals surface area contributed by atoms with Gasteiger partial charge in [0.05, 0.1) is 7.11 Å². The van der Waals surface area contributed by atoms with Crippen molar-refractivity contribution in [3.63, 3.8) is 0 Å². The summed E-state index contributed by atoms with van der Waals surface area (Å²) in [4.78, 5) is 20.8. The van der Waals surface area contributed by atoms with Gasteiger partial charge < -0.3 is 0 Å². The molecule has 2 aliphatic heterocycles. The molecule has 0 aromatic rings. The largest absolute Gasteiger partial charge is 0.313 e. The maximum atomic E-state index is 13.8. The summed E-state index contributed by atoms with van der Waals surface area (Å²) in [5.74, 6) is -0.248. The number of rotatable bonds is 4. The van der Waals surface area contributed by atoms with E-state index in [0.29, 0.717) is 6.42 Å². The van der Waals surface area contributed by atoms with E-state index >= 15 is 0 Å². The molecule has 3 unspecified atom stereocenters. The van der Waals surface area contributed by atoms with Gasteiger partial charge >= 0.3 is 5.91 Å². The van der Waals surface area contributed by atoms with Crippen molar-refractivity contribution in [3.05, 3.63) is 0 Å². The summed E-state index contributed by atoms with van der Waals surface area (Å²) in [5.41, 5.74) is 2.91. The molecule has 0 bridgehead atoms. The van der Waals surface area contributed by atoms with E-state index in [0.717, 1.165) is 17.9 Å². The molecule has 1 saturated heterocycles. The zero-order chi connectivity index (χ0) is 13.3. The number of amidine groups is 1. The molecule has 0 spiro atoms. The van der Waals surface area contributed by atoms with Crippen LogP contribution < -0.4 is 5.43 Å². The topological polar surface area (TPSA) is 57.2 Å². The number of nitrogens with one attached hydrogen (secondary N) is 1. The second-order valence-corrected chi connectivity index (χ2v) is 4.59. The first-order valence-corrected chi connectivity index (χ1v) is 6.17. The number of amides is 1. The van der Waals surface area contributed by atoms with Gasteiger partial charge in [-0.2, -0.15) is 5.01 Å². The molecule has 2 heterocycles. The monoisotopic (exact) mass is 258 g/mol. The van der Waals surface area contributed by atoms with Crippen molar-refractivity contribution < 1.29 is 14.0 Å². The Balaban J connectivity index is 2.07. The fraction of sp³-hybridized carbons (Fsp3) is 0.818. The molecule has 0 radical (unpaired) electrons. The van der Waals surface area contributed by atoms with Gasteiger partial charge in [-0.25, -0.2) is 14.4 Å². The quantitative estimate of drug-likeness (QED) is 0.744. The molecule has 1 amide bonds. The van der Waals surface area contributed by atoms with Gasteiger partial charge in [-0.05, 0) is 12.8 Å². The Bertz CT molecular complexity index is 363. The number of fused-ring (bicyclic) bond motifs is 1. The van der Waals surface area contributed by atoms with Gasteiger partial charge in [-0.15, -0.1) is 0 Å². The third kappa shape index (κ3) is 2.20. The predicted molar refractivity (Wildman–Crippen MR) is 64.2 cm³/mol. The molecule has 1 N–H and O–H groups in total. The third-order valence-electron chi connectivity index (χ3n) is 3.38. The SMILES string of the molecule is CCCC1CC(F)C2N=C(C(=O)N(C)OC)NN12. The van der Waals surface area contributed by atoms with Crippen LogP contribution in [0, 0.1) is 0 Å². The predicted octanol–water partition coefficient (Wildman–Crippen LogP) is 0.462. The molecule has 18 heavy (non-hydrogen) atoms. The maximum absolute atomic E-state index is 13.8. The van der Waals surface area contributed by atoms with Crippen LogP contribution in [0.25, 0.3) is 0 Å². The van der Waals surface area contributed by atoms with E-state index in [1.165, 1.54) is 14.2 Å². The lowest BCUT2D eigenvalue weighted by molar-refractivity contribution is -0.160. The van der Waals surface area contributed by atoms with Crippen LogP contribution >= 0.6 is 0 Å². The molecular formula is C11H19FN4O2. The first kappa shape index (κ1) is 13.2. The van der Waals surface area contributed by atoms with Gasteiger partial charge in [0.2, 0.25) is 5.84 Å². The molecule has 0 aromatic carbocycles. The van der Waals surface area contributed by atoms with Crippen LogP contribution in [-0.4, -0.2) is 54.4 Å². The van der Waals surface area contributed by atoms with E-state index in [1.54, 1.807) is 5.01 Å². The number of aliphatic imine (C=N–C) groups is 1. The highest BCUT2D eigenvalue weighted by atomic mass is 19.1. The van der Waals surface area contributed by atoms with Crippen LogP contribution in [0.2, 0.25) is 0 Å². The van der Waals surface area contributed by atoms with E-state index in [9.17, 15) is 9.18 Å². The summed E-state index contributed by atoms with van der Waals surface area (Å²) < 4.78 is 13.8. The maximum Gasteiger partial charge on any atom is 0.313 e. The molecule has 102 valence electrons. The molecule has 7 heteroatoms. The van der Waals surface area contributed by atoms with Gasteiger partial charge in [0, 0.05) is 13.1 Å². The molecule has 2 rings (SSSR count). The molecule has 0 saturated carbocycles. The molecule has 1 fully saturated rings. The van der Waals surface area contributed by atoms with Crippen molar-refractivity contribution in [1.29, 1.82) is 0 Å². The molecule has 3 atom stereocenters. The van der Waals surface area contributed by atoms with Crippen molar-refractivity contribution in [3.8, 4) is 0 Å². The smallest absolute Gasteiger partial charge is 0.296 e. The number of likely N-dealkylation sites (N-methyl/N-ethyl adjacent to an activating group) is 1. The number of carbonyl (C=O) groups is 1. The lowest BCUT2D eigenvalue weighted by atomic mass is 10.1. The van der Waals surface area contributed by atoms with E-state index < -0.39 is 18.2 Å². The van der Waals surface area contributed by atoms with Crippen molar-refractivity contribution in [2.45, 2.75) is 44.6 Å². The van der Waals surface area contributed by atoms with E-state index in [2.05, 4.69) is 17.3 Å². The first-order chi connectivity index (χ1) is 8.58. The Morgan fingerprint density at radius 1 is 1.72 bits per heavy atom. The normalized spacial score (nSPS) is 30.9. The Kier molecular flexibility index (Phi) is 3.82. The second kappa shape index (κ2) is 5.19. The summed E-state index contributed by atoms with van der Waals surface area (Å²) >= 11 is 0. The standard InChI is InChI=1S/C11H19FN4O2/c1-4-5-7-6-8(12)10-13-9(14-16(7)10)11(17)15(2)18-3/h7-8,10H,4-6H2,1-3H3,(H,13,14). The Labute approximate surface area is 106 Å². The van der Waals surface area contributed by atoms with Crippen molar-refractivity contribution in [2.75, 3.05) is 14.2 Å². The fourth-order valence-electron chi connectivity index (χ4n) is 2.39.